The second-order valence-electron chi connectivity index (χ2n) is 5.69. The predicted molar refractivity (Wildman–Crippen MR) is 99.0 cm³/mol. The van der Waals surface area contributed by atoms with Gasteiger partial charge in [-0.2, -0.15) is 0 Å². The number of nitrogens with two attached hydrogens (primary N) is 1. The minimum atomic E-state index is -0.0775. The van der Waals surface area contributed by atoms with Crippen LogP contribution in [0.15, 0.2) is 53.0 Å². The van der Waals surface area contributed by atoms with Crippen LogP contribution in [0.25, 0.3) is 0 Å². The standard InChI is InChI=1S/C19H21BrN2O2/c1-3-18(14-7-9-16(20)10-8-14)21-12-19(24)22-17-6-4-5-15(11-17)13(2)23/h4-11,18,21H,3,12H2,1-2H3,(H,22,24)/p+1/t18-/m1/s1. The van der Waals surface area contributed by atoms with E-state index >= 15 is 0 Å². The number of quaternary nitrogens is 1. The Morgan fingerprint density at radius 3 is 2.50 bits per heavy atom. The molecule has 0 aromatic heterocycles. The van der Waals surface area contributed by atoms with E-state index in [0.717, 1.165) is 10.9 Å². The third-order valence-electron chi connectivity index (χ3n) is 3.88. The van der Waals surface area contributed by atoms with Crippen LogP contribution < -0.4 is 10.6 Å². The number of rotatable bonds is 7. The Morgan fingerprint density at radius 2 is 1.88 bits per heavy atom. The molecule has 24 heavy (non-hydrogen) atoms. The van der Waals surface area contributed by atoms with Gasteiger partial charge in [-0.15, -0.1) is 0 Å². The summed E-state index contributed by atoms with van der Waals surface area (Å²) in [5.41, 5.74) is 2.45. The van der Waals surface area contributed by atoms with Crippen molar-refractivity contribution in [3.63, 3.8) is 0 Å². The first-order valence-electron chi connectivity index (χ1n) is 7.99. The molecule has 1 atom stereocenters. The second kappa shape index (κ2) is 8.76. The van der Waals surface area contributed by atoms with E-state index in [1.54, 1.807) is 24.3 Å². The van der Waals surface area contributed by atoms with Crippen molar-refractivity contribution in [2.45, 2.75) is 26.3 Å². The van der Waals surface area contributed by atoms with Crippen molar-refractivity contribution in [1.82, 2.24) is 0 Å². The highest BCUT2D eigenvalue weighted by Crippen LogP contribution is 2.16. The average molecular weight is 390 g/mol. The van der Waals surface area contributed by atoms with E-state index < -0.39 is 0 Å². The molecular weight excluding hydrogens is 368 g/mol. The van der Waals surface area contributed by atoms with E-state index in [9.17, 15) is 9.59 Å². The van der Waals surface area contributed by atoms with Crippen molar-refractivity contribution in [2.75, 3.05) is 11.9 Å². The Labute approximate surface area is 150 Å². The summed E-state index contributed by atoms with van der Waals surface area (Å²) in [6.07, 6.45) is 0.939. The smallest absolute Gasteiger partial charge is 0.279 e. The zero-order valence-electron chi connectivity index (χ0n) is 13.9. The minimum absolute atomic E-state index is 0.0149. The number of carbonyl (C=O) groups excluding carboxylic acids is 2. The van der Waals surface area contributed by atoms with Crippen molar-refractivity contribution in [1.29, 1.82) is 0 Å². The molecule has 1 amide bonds. The van der Waals surface area contributed by atoms with Gasteiger partial charge in [-0.05, 0) is 31.2 Å². The van der Waals surface area contributed by atoms with Crippen molar-refractivity contribution in [2.24, 2.45) is 0 Å². The van der Waals surface area contributed by atoms with Gasteiger partial charge in [-0.25, -0.2) is 0 Å². The summed E-state index contributed by atoms with van der Waals surface area (Å²) in [7, 11) is 0. The summed E-state index contributed by atoms with van der Waals surface area (Å²) in [6.45, 7) is 3.95. The van der Waals surface area contributed by atoms with Gasteiger partial charge >= 0.3 is 0 Å². The third-order valence-corrected chi connectivity index (χ3v) is 4.41. The molecule has 2 rings (SSSR count). The molecule has 0 saturated carbocycles. The summed E-state index contributed by atoms with van der Waals surface area (Å²) < 4.78 is 1.05. The lowest BCUT2D eigenvalue weighted by atomic mass is 10.0. The van der Waals surface area contributed by atoms with E-state index in [1.807, 2.05) is 17.4 Å². The van der Waals surface area contributed by atoms with E-state index in [2.05, 4.69) is 40.3 Å². The fourth-order valence-corrected chi connectivity index (χ4v) is 2.79. The van der Waals surface area contributed by atoms with Crippen molar-refractivity contribution in [3.8, 4) is 0 Å². The number of carbonyl (C=O) groups is 2. The van der Waals surface area contributed by atoms with Gasteiger partial charge in [0.2, 0.25) is 0 Å². The number of ketones is 1. The molecule has 4 nitrogen and oxygen atoms in total. The Bertz CT molecular complexity index is 714. The Morgan fingerprint density at radius 1 is 1.17 bits per heavy atom. The Balaban J connectivity index is 1.93. The highest BCUT2D eigenvalue weighted by molar-refractivity contribution is 9.10. The molecule has 0 radical (unpaired) electrons. The topological polar surface area (TPSA) is 62.8 Å². The van der Waals surface area contributed by atoms with E-state index in [-0.39, 0.29) is 17.7 Å². The van der Waals surface area contributed by atoms with Gasteiger partial charge < -0.3 is 10.6 Å². The fraction of sp³-hybridized carbons (Fsp3) is 0.263. The molecule has 0 aliphatic carbocycles. The normalized spacial score (nSPS) is 11.8. The lowest BCUT2D eigenvalue weighted by Gasteiger charge is -2.14. The molecule has 0 aliphatic rings. The summed E-state index contributed by atoms with van der Waals surface area (Å²) >= 11 is 3.43. The predicted octanol–water partition coefficient (Wildman–Crippen LogP) is 3.30. The lowest BCUT2D eigenvalue weighted by molar-refractivity contribution is -0.686. The summed E-state index contributed by atoms with van der Waals surface area (Å²) in [4.78, 5) is 23.6. The van der Waals surface area contributed by atoms with Crippen LogP contribution in [-0.2, 0) is 4.79 Å². The van der Waals surface area contributed by atoms with Crippen LogP contribution >= 0.6 is 15.9 Å². The van der Waals surface area contributed by atoms with E-state index in [0.29, 0.717) is 17.8 Å². The molecule has 0 unspecified atom stereocenters. The highest BCUT2D eigenvalue weighted by atomic mass is 79.9. The Hall–Kier alpha value is -1.98. The van der Waals surface area contributed by atoms with Crippen LogP contribution in [0.2, 0.25) is 0 Å². The summed E-state index contributed by atoms with van der Waals surface area (Å²) in [6, 6.07) is 15.4. The maximum atomic E-state index is 12.2. The van der Waals surface area contributed by atoms with Gasteiger partial charge in [0.25, 0.3) is 5.91 Å². The summed E-state index contributed by atoms with van der Waals surface area (Å²) in [5, 5.41) is 4.88. The zero-order valence-corrected chi connectivity index (χ0v) is 15.5. The number of nitrogens with one attached hydrogen (secondary N) is 1. The number of benzene rings is 2. The zero-order chi connectivity index (χ0) is 17.5. The Kier molecular flexibility index (Phi) is 6.70. The molecule has 2 aromatic carbocycles. The molecule has 126 valence electrons. The van der Waals surface area contributed by atoms with Gasteiger partial charge in [0, 0.05) is 27.7 Å². The van der Waals surface area contributed by atoms with Gasteiger partial charge in [-0.1, -0.05) is 47.1 Å². The van der Waals surface area contributed by atoms with Crippen LogP contribution in [0, 0.1) is 0 Å². The van der Waals surface area contributed by atoms with Crippen molar-refractivity contribution in [3.05, 3.63) is 64.1 Å². The van der Waals surface area contributed by atoms with Crippen molar-refractivity contribution < 1.29 is 14.9 Å². The molecule has 0 aliphatic heterocycles. The fourth-order valence-electron chi connectivity index (χ4n) is 2.53. The minimum Gasteiger partial charge on any atom is -0.332 e. The SMILES string of the molecule is CC[C@@H]([NH2+]CC(=O)Nc1cccc(C(C)=O)c1)c1ccc(Br)cc1. The van der Waals surface area contributed by atoms with Crippen LogP contribution in [0.3, 0.4) is 0 Å². The number of amides is 1. The molecular formula is C19H22BrN2O2+. The number of hydrogen-bond acceptors (Lipinski definition) is 2. The largest absolute Gasteiger partial charge is 0.332 e. The molecule has 0 bridgehead atoms. The molecule has 2 aromatic rings. The molecule has 0 spiro atoms. The number of hydrogen-bond donors (Lipinski definition) is 2. The van der Waals surface area contributed by atoms with Crippen LogP contribution in [-0.4, -0.2) is 18.2 Å². The van der Waals surface area contributed by atoms with Crippen LogP contribution in [0.1, 0.15) is 42.2 Å². The lowest BCUT2D eigenvalue weighted by Crippen LogP contribution is -2.87. The average Bonchev–Trinajstić information content (AvgIpc) is 2.57. The number of anilines is 1. The van der Waals surface area contributed by atoms with Crippen LogP contribution in [0.5, 0.6) is 0 Å². The molecule has 0 fully saturated rings. The monoisotopic (exact) mass is 389 g/mol. The summed E-state index contributed by atoms with van der Waals surface area (Å²) in [5.74, 6) is -0.0924. The van der Waals surface area contributed by atoms with Gasteiger partial charge in [-0.3, -0.25) is 9.59 Å². The third kappa shape index (κ3) is 5.28. The maximum Gasteiger partial charge on any atom is 0.279 e. The highest BCUT2D eigenvalue weighted by Gasteiger charge is 2.15. The first-order valence-corrected chi connectivity index (χ1v) is 8.78. The van der Waals surface area contributed by atoms with E-state index in [1.165, 1.54) is 12.5 Å². The molecule has 5 heteroatoms. The van der Waals surface area contributed by atoms with Crippen molar-refractivity contribution >= 4 is 33.3 Å². The number of halogens is 1. The first-order chi connectivity index (χ1) is 11.5. The van der Waals surface area contributed by atoms with Gasteiger partial charge in [0.15, 0.2) is 12.3 Å². The molecule has 0 heterocycles. The van der Waals surface area contributed by atoms with E-state index in [4.69, 9.17) is 0 Å². The second-order valence-corrected chi connectivity index (χ2v) is 6.61. The quantitative estimate of drug-likeness (QED) is 0.713. The molecule has 3 N–H and O–H groups in total. The van der Waals surface area contributed by atoms with Gasteiger partial charge in [0.1, 0.15) is 6.04 Å². The maximum absolute atomic E-state index is 12.2. The van der Waals surface area contributed by atoms with Crippen LogP contribution in [0.4, 0.5) is 5.69 Å². The first kappa shape index (κ1) is 18.4. The van der Waals surface area contributed by atoms with Gasteiger partial charge in [0.05, 0.1) is 0 Å². The molecule has 0 saturated heterocycles. The number of Topliss-reactive ketones (excluding diaryl/α,β-unsaturated/α-hetero) is 1.